The molecule has 0 aromatic heterocycles. The number of amides is 2. The van der Waals surface area contributed by atoms with Crippen molar-refractivity contribution in [2.24, 2.45) is 5.92 Å². The predicted molar refractivity (Wildman–Crippen MR) is 135 cm³/mol. The molecule has 1 N–H and O–H groups in total. The fraction of sp³-hybridized carbons (Fsp3) is 0.448. The second kappa shape index (κ2) is 9.75. The Labute approximate surface area is 220 Å². The van der Waals surface area contributed by atoms with Gasteiger partial charge in [-0.25, -0.2) is 9.18 Å². The fourth-order valence-electron chi connectivity index (χ4n) is 5.71. The number of nitrogens with zero attached hydrogens (tertiary/aromatic N) is 2. The van der Waals surface area contributed by atoms with Gasteiger partial charge >= 0.3 is 12.1 Å². The first-order valence-electron chi connectivity index (χ1n) is 12.9. The van der Waals surface area contributed by atoms with Crippen LogP contribution in [0, 0.1) is 23.1 Å². The van der Waals surface area contributed by atoms with Crippen LogP contribution in [0.25, 0.3) is 11.1 Å². The summed E-state index contributed by atoms with van der Waals surface area (Å²) < 4.78 is 25.7. The van der Waals surface area contributed by atoms with E-state index in [2.05, 4.69) is 11.4 Å². The third kappa shape index (κ3) is 5.08. The zero-order valence-corrected chi connectivity index (χ0v) is 21.6. The van der Waals surface area contributed by atoms with Crippen LogP contribution in [-0.4, -0.2) is 46.6 Å². The number of esters is 1. The molecule has 3 aliphatic rings. The Balaban J connectivity index is 1.27. The van der Waals surface area contributed by atoms with Gasteiger partial charge in [0.15, 0.2) is 0 Å². The van der Waals surface area contributed by atoms with Crippen molar-refractivity contribution in [3.05, 3.63) is 53.3 Å². The number of carbonyl (C=O) groups excluding carboxylic acids is 3. The lowest BCUT2D eigenvalue weighted by atomic mass is 9.96. The highest BCUT2D eigenvalue weighted by Gasteiger charge is 2.52. The standard InChI is InChI=1S/C29H30FN3O5/c1-29(2,3)38-28(36)33-22-8-6-19(12-22)26(33)27(35)32-21(15-31)11-18-5-4-17(13-23(18)30)16-7-9-24-20(10-16)14-25(34)37-24/h4-5,7,9-10,13,19,21-22,26H,6,8,11-12,14H2,1-3H3,(H,32,35)/t19-,21-,22+,26-/m0/s1. The van der Waals surface area contributed by atoms with E-state index in [-0.39, 0.29) is 36.3 Å². The predicted octanol–water partition coefficient (Wildman–Crippen LogP) is 4.29. The minimum absolute atomic E-state index is 0.0101. The van der Waals surface area contributed by atoms with E-state index < -0.39 is 35.5 Å². The minimum Gasteiger partial charge on any atom is -0.444 e. The molecule has 2 fully saturated rings. The lowest BCUT2D eigenvalue weighted by Gasteiger charge is -2.35. The summed E-state index contributed by atoms with van der Waals surface area (Å²) in [6.45, 7) is 5.33. The Bertz CT molecular complexity index is 1340. The van der Waals surface area contributed by atoms with E-state index in [0.29, 0.717) is 11.3 Å². The molecule has 2 aliphatic heterocycles. The monoisotopic (exact) mass is 519 g/mol. The SMILES string of the molecule is CC(C)(C)OC(=O)N1[C@@H]2CC[C@@H](C2)[C@H]1C(=O)N[C@H](C#N)Cc1ccc(-c2ccc3c(c2)CC(=O)O3)cc1F. The maximum absolute atomic E-state index is 15.1. The van der Waals surface area contributed by atoms with Gasteiger partial charge in [0.05, 0.1) is 12.5 Å². The van der Waals surface area contributed by atoms with Crippen molar-refractivity contribution < 1.29 is 28.2 Å². The van der Waals surface area contributed by atoms with Crippen LogP contribution in [0.4, 0.5) is 9.18 Å². The van der Waals surface area contributed by atoms with Crippen molar-refractivity contribution in [1.82, 2.24) is 10.2 Å². The van der Waals surface area contributed by atoms with Gasteiger partial charge in [0, 0.05) is 18.0 Å². The molecule has 1 aliphatic carbocycles. The van der Waals surface area contributed by atoms with E-state index in [1.165, 1.54) is 11.0 Å². The molecular formula is C29H30FN3O5. The summed E-state index contributed by atoms with van der Waals surface area (Å²) in [6, 6.07) is 10.3. The van der Waals surface area contributed by atoms with Crippen LogP contribution in [0.3, 0.4) is 0 Å². The Morgan fingerprint density at radius 1 is 1.21 bits per heavy atom. The van der Waals surface area contributed by atoms with Crippen LogP contribution in [0.5, 0.6) is 5.75 Å². The third-order valence-corrected chi connectivity index (χ3v) is 7.36. The largest absolute Gasteiger partial charge is 0.444 e. The maximum Gasteiger partial charge on any atom is 0.411 e. The maximum atomic E-state index is 15.1. The molecule has 2 heterocycles. The number of rotatable bonds is 5. The first-order chi connectivity index (χ1) is 18.0. The molecule has 2 aromatic carbocycles. The Kier molecular flexibility index (Phi) is 6.59. The number of nitriles is 1. The lowest BCUT2D eigenvalue weighted by Crippen LogP contribution is -2.55. The van der Waals surface area contributed by atoms with Gasteiger partial charge in [-0.1, -0.05) is 18.2 Å². The quantitative estimate of drug-likeness (QED) is 0.466. The topological polar surface area (TPSA) is 109 Å². The summed E-state index contributed by atoms with van der Waals surface area (Å²) in [7, 11) is 0. The smallest absolute Gasteiger partial charge is 0.411 e. The van der Waals surface area contributed by atoms with Gasteiger partial charge in [-0.05, 0) is 80.8 Å². The van der Waals surface area contributed by atoms with E-state index in [4.69, 9.17) is 9.47 Å². The number of fused-ring (bicyclic) bond motifs is 3. The van der Waals surface area contributed by atoms with Crippen LogP contribution in [-0.2, 0) is 27.2 Å². The Morgan fingerprint density at radius 2 is 1.95 bits per heavy atom. The normalized spacial score (nSPS) is 22.4. The molecule has 38 heavy (non-hydrogen) atoms. The molecule has 1 saturated carbocycles. The molecule has 5 rings (SSSR count). The van der Waals surface area contributed by atoms with E-state index in [0.717, 1.165) is 30.4 Å². The summed E-state index contributed by atoms with van der Waals surface area (Å²) in [5.74, 6) is -0.704. The number of carbonyl (C=O) groups is 3. The molecule has 0 unspecified atom stereocenters. The number of likely N-dealkylation sites (tertiary alicyclic amines) is 1. The molecule has 8 nitrogen and oxygen atoms in total. The van der Waals surface area contributed by atoms with E-state index >= 15 is 4.39 Å². The molecule has 0 spiro atoms. The molecule has 4 atom stereocenters. The zero-order valence-electron chi connectivity index (χ0n) is 21.6. The molecule has 2 amide bonds. The average molecular weight is 520 g/mol. The number of benzene rings is 2. The second-order valence-corrected chi connectivity index (χ2v) is 11.2. The molecule has 9 heteroatoms. The van der Waals surface area contributed by atoms with Crippen molar-refractivity contribution in [2.45, 2.75) is 76.6 Å². The Hall–Kier alpha value is -3.93. The fourth-order valence-corrected chi connectivity index (χ4v) is 5.71. The van der Waals surface area contributed by atoms with Gasteiger partial charge < -0.3 is 14.8 Å². The molecule has 2 aromatic rings. The average Bonchev–Trinajstić information content (AvgIpc) is 3.56. The summed E-state index contributed by atoms with van der Waals surface area (Å²) in [4.78, 5) is 39.2. The van der Waals surface area contributed by atoms with Crippen LogP contribution < -0.4 is 10.1 Å². The van der Waals surface area contributed by atoms with E-state index in [1.54, 1.807) is 51.1 Å². The van der Waals surface area contributed by atoms with Gasteiger partial charge in [-0.2, -0.15) is 5.26 Å². The molecular weight excluding hydrogens is 489 g/mol. The van der Waals surface area contributed by atoms with Crippen molar-refractivity contribution in [2.75, 3.05) is 0 Å². The van der Waals surface area contributed by atoms with Crippen LogP contribution in [0.15, 0.2) is 36.4 Å². The molecule has 1 saturated heterocycles. The van der Waals surface area contributed by atoms with Crippen LogP contribution in [0.1, 0.15) is 51.2 Å². The second-order valence-electron chi connectivity index (χ2n) is 11.2. The van der Waals surface area contributed by atoms with Gasteiger partial charge in [-0.3, -0.25) is 14.5 Å². The number of nitrogens with one attached hydrogen (secondary N) is 1. The van der Waals surface area contributed by atoms with Crippen molar-refractivity contribution in [1.29, 1.82) is 5.26 Å². The first kappa shape index (κ1) is 25.7. The summed E-state index contributed by atoms with van der Waals surface area (Å²) in [5, 5.41) is 12.5. The lowest BCUT2D eigenvalue weighted by molar-refractivity contribution is -0.132. The summed E-state index contributed by atoms with van der Waals surface area (Å²) in [5.41, 5.74) is 1.73. The van der Waals surface area contributed by atoms with E-state index in [1.807, 2.05) is 0 Å². The van der Waals surface area contributed by atoms with Gasteiger partial charge in [0.1, 0.15) is 29.3 Å². The van der Waals surface area contributed by atoms with Gasteiger partial charge in [0.25, 0.3) is 0 Å². The number of piperidine rings is 1. The van der Waals surface area contributed by atoms with Crippen molar-refractivity contribution in [3.8, 4) is 22.9 Å². The highest BCUT2D eigenvalue weighted by molar-refractivity contribution is 5.87. The number of ether oxygens (including phenoxy) is 2. The summed E-state index contributed by atoms with van der Waals surface area (Å²) >= 11 is 0. The number of halogens is 1. The third-order valence-electron chi connectivity index (χ3n) is 7.36. The summed E-state index contributed by atoms with van der Waals surface area (Å²) in [6.07, 6.45) is 2.02. The Morgan fingerprint density at radius 3 is 2.66 bits per heavy atom. The number of hydrogen-bond donors (Lipinski definition) is 1. The highest BCUT2D eigenvalue weighted by atomic mass is 19.1. The van der Waals surface area contributed by atoms with Crippen molar-refractivity contribution in [3.63, 3.8) is 0 Å². The molecule has 2 bridgehead atoms. The highest BCUT2D eigenvalue weighted by Crippen LogP contribution is 2.43. The minimum atomic E-state index is -0.967. The van der Waals surface area contributed by atoms with Gasteiger partial charge in [0.2, 0.25) is 5.91 Å². The van der Waals surface area contributed by atoms with Crippen LogP contribution in [0.2, 0.25) is 0 Å². The van der Waals surface area contributed by atoms with Crippen molar-refractivity contribution >= 4 is 18.0 Å². The molecule has 0 radical (unpaired) electrons. The van der Waals surface area contributed by atoms with Gasteiger partial charge in [-0.15, -0.1) is 0 Å². The van der Waals surface area contributed by atoms with E-state index in [9.17, 15) is 19.6 Å². The molecule has 198 valence electrons. The number of hydrogen-bond acceptors (Lipinski definition) is 6. The first-order valence-corrected chi connectivity index (χ1v) is 12.9. The van der Waals surface area contributed by atoms with Crippen LogP contribution >= 0.6 is 0 Å². The zero-order chi connectivity index (χ0) is 27.2.